The number of rotatable bonds is 4. The van der Waals surface area contributed by atoms with E-state index in [9.17, 15) is 9.90 Å². The molecule has 0 fully saturated rings. The van der Waals surface area contributed by atoms with Crippen LogP contribution in [0.2, 0.25) is 0 Å². The third-order valence-electron chi connectivity index (χ3n) is 4.92. The fourth-order valence-corrected chi connectivity index (χ4v) is 3.94. The first-order valence-corrected chi connectivity index (χ1v) is 9.63. The van der Waals surface area contributed by atoms with Crippen molar-refractivity contribution in [2.24, 2.45) is 0 Å². The van der Waals surface area contributed by atoms with Gasteiger partial charge < -0.3 is 15.2 Å². The lowest BCUT2D eigenvalue weighted by molar-refractivity contribution is 0.340. The van der Waals surface area contributed by atoms with Crippen molar-refractivity contribution in [2.45, 2.75) is 19.4 Å². The highest BCUT2D eigenvalue weighted by Gasteiger charge is 2.28. The van der Waals surface area contributed by atoms with E-state index in [0.717, 1.165) is 24.3 Å². The number of aromatic hydroxyl groups is 1. The van der Waals surface area contributed by atoms with Crippen molar-refractivity contribution in [3.8, 4) is 17.3 Å². The molecular formula is C21H21N3O3S. The van der Waals surface area contributed by atoms with Gasteiger partial charge in [-0.3, -0.25) is 14.3 Å². The first kappa shape index (κ1) is 18.5. The molecule has 3 aromatic rings. The summed E-state index contributed by atoms with van der Waals surface area (Å²) >= 11 is 5.33. The van der Waals surface area contributed by atoms with Gasteiger partial charge in [-0.15, -0.1) is 0 Å². The Morgan fingerprint density at radius 3 is 2.71 bits per heavy atom. The van der Waals surface area contributed by atoms with Gasteiger partial charge in [0.1, 0.15) is 5.75 Å². The highest BCUT2D eigenvalue weighted by atomic mass is 32.1. The molecule has 0 saturated carbocycles. The normalized spacial score (nSPS) is 15.8. The zero-order valence-corrected chi connectivity index (χ0v) is 16.3. The molecule has 1 aliphatic heterocycles. The average Bonchev–Trinajstić information content (AvgIpc) is 2.69. The molecule has 144 valence electrons. The van der Waals surface area contributed by atoms with Crippen LogP contribution in [0.1, 0.15) is 29.7 Å². The maximum Gasteiger partial charge on any atom is 0.260 e. The molecule has 3 N–H and O–H groups in total. The largest absolute Gasteiger partial charge is 0.494 e. The van der Waals surface area contributed by atoms with Crippen LogP contribution in [0, 0.1) is 4.77 Å². The Morgan fingerprint density at radius 2 is 1.96 bits per heavy atom. The molecule has 0 radical (unpaired) electrons. The molecule has 0 amide bonds. The van der Waals surface area contributed by atoms with Crippen LogP contribution in [0.25, 0.3) is 5.69 Å². The Bertz CT molecular complexity index is 1120. The monoisotopic (exact) mass is 395 g/mol. The Labute approximate surface area is 167 Å². The van der Waals surface area contributed by atoms with E-state index >= 15 is 0 Å². The first-order valence-electron chi connectivity index (χ1n) is 9.22. The van der Waals surface area contributed by atoms with E-state index < -0.39 is 6.04 Å². The fourth-order valence-electron chi connectivity index (χ4n) is 3.66. The molecule has 7 heteroatoms. The van der Waals surface area contributed by atoms with Crippen LogP contribution in [0.15, 0.2) is 53.3 Å². The van der Waals surface area contributed by atoms with Crippen molar-refractivity contribution >= 4 is 12.2 Å². The van der Waals surface area contributed by atoms with Gasteiger partial charge in [-0.25, -0.2) is 0 Å². The molecule has 0 bridgehead atoms. The van der Waals surface area contributed by atoms with Crippen LogP contribution in [-0.2, 0) is 6.42 Å². The van der Waals surface area contributed by atoms with E-state index in [1.807, 2.05) is 25.1 Å². The summed E-state index contributed by atoms with van der Waals surface area (Å²) < 4.78 is 7.08. The number of aromatic nitrogens is 2. The number of benzene rings is 2. The van der Waals surface area contributed by atoms with Gasteiger partial charge in [0, 0.05) is 6.54 Å². The topological polar surface area (TPSA) is 79.3 Å². The Hall–Kier alpha value is -2.90. The number of nitrogens with one attached hydrogen (secondary N) is 2. The zero-order valence-electron chi connectivity index (χ0n) is 15.4. The van der Waals surface area contributed by atoms with Crippen molar-refractivity contribution < 1.29 is 9.84 Å². The molecule has 2 aromatic carbocycles. The van der Waals surface area contributed by atoms with Gasteiger partial charge in [0.15, 0.2) is 4.77 Å². The maximum absolute atomic E-state index is 12.7. The molecule has 1 atom stereocenters. The minimum Gasteiger partial charge on any atom is -0.494 e. The molecule has 1 aliphatic rings. The predicted octanol–water partition coefficient (Wildman–Crippen LogP) is 3.23. The summed E-state index contributed by atoms with van der Waals surface area (Å²) in [5.74, 6) is 0.567. The van der Waals surface area contributed by atoms with E-state index in [0.29, 0.717) is 12.3 Å². The van der Waals surface area contributed by atoms with Crippen molar-refractivity contribution in [3.05, 3.63) is 80.3 Å². The van der Waals surface area contributed by atoms with Gasteiger partial charge in [-0.05, 0) is 61.0 Å². The second kappa shape index (κ2) is 7.61. The van der Waals surface area contributed by atoms with Crippen LogP contribution >= 0.6 is 12.2 Å². The number of fused-ring (bicyclic) bond motifs is 1. The van der Waals surface area contributed by atoms with Crippen molar-refractivity contribution in [3.63, 3.8) is 0 Å². The number of aromatic amines is 1. The summed E-state index contributed by atoms with van der Waals surface area (Å²) in [6.45, 7) is 3.21. The third kappa shape index (κ3) is 3.23. The zero-order chi connectivity index (χ0) is 19.7. The molecule has 0 spiro atoms. The Morgan fingerprint density at radius 1 is 1.21 bits per heavy atom. The van der Waals surface area contributed by atoms with Crippen molar-refractivity contribution in [1.82, 2.24) is 14.9 Å². The Balaban J connectivity index is 1.86. The molecule has 4 rings (SSSR count). The van der Waals surface area contributed by atoms with Crippen molar-refractivity contribution in [2.75, 3.05) is 13.2 Å². The molecular weight excluding hydrogens is 374 g/mol. The lowest BCUT2D eigenvalue weighted by atomic mass is 9.90. The highest BCUT2D eigenvalue weighted by Crippen LogP contribution is 2.32. The first-order chi connectivity index (χ1) is 13.6. The second-order valence-electron chi connectivity index (χ2n) is 6.59. The number of hydrogen-bond acceptors (Lipinski definition) is 5. The molecule has 6 nitrogen and oxygen atoms in total. The number of nitrogens with zero attached hydrogens (tertiary/aromatic N) is 1. The summed E-state index contributed by atoms with van der Waals surface area (Å²) in [5, 5.41) is 14.4. The van der Waals surface area contributed by atoms with Crippen LogP contribution in [0.4, 0.5) is 0 Å². The molecule has 0 aliphatic carbocycles. The summed E-state index contributed by atoms with van der Waals surface area (Å²) in [6, 6.07) is 14.8. The molecule has 0 unspecified atom stereocenters. The number of H-pyrrole nitrogens is 1. The van der Waals surface area contributed by atoms with Crippen LogP contribution in [-0.4, -0.2) is 27.8 Å². The SMILES string of the molecule is CCOc1ccc(-n2c(O)c([C@@H]3NCCc4ccccc43)c(=O)[nH]c2=S)cc1. The predicted molar refractivity (Wildman–Crippen MR) is 110 cm³/mol. The summed E-state index contributed by atoms with van der Waals surface area (Å²) in [6.07, 6.45) is 0.878. The highest BCUT2D eigenvalue weighted by molar-refractivity contribution is 7.71. The van der Waals surface area contributed by atoms with Gasteiger partial charge >= 0.3 is 0 Å². The molecule has 28 heavy (non-hydrogen) atoms. The van der Waals surface area contributed by atoms with Crippen LogP contribution in [0.5, 0.6) is 11.6 Å². The van der Waals surface area contributed by atoms with E-state index in [-0.39, 0.29) is 21.8 Å². The van der Waals surface area contributed by atoms with Crippen LogP contribution in [0.3, 0.4) is 0 Å². The summed E-state index contributed by atoms with van der Waals surface area (Å²) in [7, 11) is 0. The van der Waals surface area contributed by atoms with Crippen molar-refractivity contribution in [1.29, 1.82) is 0 Å². The van der Waals surface area contributed by atoms with Gasteiger partial charge in [0.05, 0.1) is 23.9 Å². The van der Waals surface area contributed by atoms with Gasteiger partial charge in [0.25, 0.3) is 5.56 Å². The quantitative estimate of drug-likeness (QED) is 0.591. The number of ether oxygens (including phenoxy) is 1. The van der Waals surface area contributed by atoms with Crippen LogP contribution < -0.4 is 15.6 Å². The average molecular weight is 395 g/mol. The summed E-state index contributed by atoms with van der Waals surface area (Å²) in [5.41, 5.74) is 2.67. The lowest BCUT2D eigenvalue weighted by Crippen LogP contribution is -2.35. The minimum absolute atomic E-state index is 0.138. The Kier molecular flexibility index (Phi) is 5.02. The van der Waals surface area contributed by atoms with E-state index in [4.69, 9.17) is 17.0 Å². The summed E-state index contributed by atoms with van der Waals surface area (Å²) in [4.78, 5) is 15.4. The maximum atomic E-state index is 12.7. The molecule has 1 aromatic heterocycles. The van der Waals surface area contributed by atoms with E-state index in [1.165, 1.54) is 10.1 Å². The lowest BCUT2D eigenvalue weighted by Gasteiger charge is -2.27. The molecule has 0 saturated heterocycles. The van der Waals surface area contributed by atoms with Gasteiger partial charge in [-0.2, -0.15) is 0 Å². The van der Waals surface area contributed by atoms with E-state index in [1.54, 1.807) is 24.3 Å². The fraction of sp³-hybridized carbons (Fsp3) is 0.238. The standard InChI is InChI=1S/C21H21N3O3S/c1-2-27-15-9-7-14(8-10-15)24-20(26)17(19(25)23-21(24)28)18-16-6-4-3-5-13(16)11-12-22-18/h3-10,18,22,26H,2,11-12H2,1H3,(H,23,25,28)/t18-/m1/s1. The van der Waals surface area contributed by atoms with E-state index in [2.05, 4.69) is 16.4 Å². The van der Waals surface area contributed by atoms with Gasteiger partial charge in [0.2, 0.25) is 5.88 Å². The third-order valence-corrected chi connectivity index (χ3v) is 5.21. The van der Waals surface area contributed by atoms with Gasteiger partial charge in [-0.1, -0.05) is 24.3 Å². The smallest absolute Gasteiger partial charge is 0.260 e. The second-order valence-corrected chi connectivity index (χ2v) is 6.98. The minimum atomic E-state index is -0.404. The number of hydrogen-bond donors (Lipinski definition) is 3. The molecule has 2 heterocycles.